The minimum Gasteiger partial charge on any atom is -0.332 e. The molecule has 2 unspecified atom stereocenters. The Kier molecular flexibility index (Phi) is 3.20. The van der Waals surface area contributed by atoms with Crippen LogP contribution in [0.25, 0.3) is 0 Å². The molecule has 0 spiro atoms. The van der Waals surface area contributed by atoms with Gasteiger partial charge in [0, 0.05) is 25.2 Å². The first-order valence-corrected chi connectivity index (χ1v) is 6.20. The van der Waals surface area contributed by atoms with E-state index in [1.165, 1.54) is 11.5 Å². The van der Waals surface area contributed by atoms with Crippen molar-refractivity contribution in [1.82, 2.24) is 19.8 Å². The van der Waals surface area contributed by atoms with E-state index < -0.39 is 0 Å². The van der Waals surface area contributed by atoms with Gasteiger partial charge in [0.05, 0.1) is 5.69 Å². The van der Waals surface area contributed by atoms with E-state index in [0.717, 1.165) is 18.8 Å². The predicted octanol–water partition coefficient (Wildman–Crippen LogP) is 0.669. The van der Waals surface area contributed by atoms with Crippen molar-refractivity contribution in [3.05, 3.63) is 10.6 Å². The monoisotopic (exact) mass is 240 g/mol. The summed E-state index contributed by atoms with van der Waals surface area (Å²) in [4.78, 5) is 14.8. The largest absolute Gasteiger partial charge is 0.332 e. The SMILES string of the molecule is Cc1nnsc1C(=O)N1CC(C)NCC1C. The molecule has 5 nitrogen and oxygen atoms in total. The standard InChI is InChI=1S/C10H16N4OS/c1-6-5-14(7(2)4-11-6)10(15)9-8(3)12-13-16-9/h6-7,11H,4-5H2,1-3H3. The molecule has 1 N–H and O–H groups in total. The number of hydrogen-bond donors (Lipinski definition) is 1. The average molecular weight is 240 g/mol. The zero-order chi connectivity index (χ0) is 11.7. The van der Waals surface area contributed by atoms with Crippen LogP contribution in [-0.4, -0.2) is 45.6 Å². The van der Waals surface area contributed by atoms with Crippen molar-refractivity contribution in [2.45, 2.75) is 32.9 Å². The highest BCUT2D eigenvalue weighted by Crippen LogP contribution is 2.16. The second-order valence-corrected chi connectivity index (χ2v) is 5.06. The van der Waals surface area contributed by atoms with Gasteiger partial charge in [0.25, 0.3) is 5.91 Å². The number of aryl methyl sites for hydroxylation is 1. The Morgan fingerprint density at radius 3 is 2.94 bits per heavy atom. The third-order valence-electron chi connectivity index (χ3n) is 2.87. The van der Waals surface area contributed by atoms with E-state index >= 15 is 0 Å². The highest BCUT2D eigenvalue weighted by Gasteiger charge is 2.29. The molecule has 88 valence electrons. The third kappa shape index (κ3) is 2.08. The average Bonchev–Trinajstić information content (AvgIpc) is 2.67. The van der Waals surface area contributed by atoms with Crippen LogP contribution in [0.3, 0.4) is 0 Å². The predicted molar refractivity (Wildman–Crippen MR) is 62.6 cm³/mol. The van der Waals surface area contributed by atoms with E-state index in [2.05, 4.69) is 28.8 Å². The zero-order valence-electron chi connectivity index (χ0n) is 9.73. The Balaban J connectivity index is 2.18. The van der Waals surface area contributed by atoms with Crippen molar-refractivity contribution >= 4 is 17.4 Å². The molecule has 1 saturated heterocycles. The number of carbonyl (C=O) groups excluding carboxylic acids is 1. The van der Waals surface area contributed by atoms with Gasteiger partial charge < -0.3 is 10.2 Å². The summed E-state index contributed by atoms with van der Waals surface area (Å²) in [6.45, 7) is 7.56. The molecule has 1 aromatic heterocycles. The summed E-state index contributed by atoms with van der Waals surface area (Å²) >= 11 is 1.18. The number of nitrogens with zero attached hydrogens (tertiary/aromatic N) is 3. The number of rotatable bonds is 1. The minimum atomic E-state index is 0.0633. The van der Waals surface area contributed by atoms with E-state index in [9.17, 15) is 4.79 Å². The van der Waals surface area contributed by atoms with Gasteiger partial charge in [-0.3, -0.25) is 4.79 Å². The van der Waals surface area contributed by atoms with Crippen molar-refractivity contribution < 1.29 is 4.79 Å². The third-order valence-corrected chi connectivity index (χ3v) is 3.69. The number of nitrogens with one attached hydrogen (secondary N) is 1. The molecule has 0 aliphatic carbocycles. The van der Waals surface area contributed by atoms with Gasteiger partial charge in [0.15, 0.2) is 0 Å². The van der Waals surface area contributed by atoms with Gasteiger partial charge in [0.2, 0.25) is 0 Å². The molecule has 1 amide bonds. The highest BCUT2D eigenvalue weighted by molar-refractivity contribution is 7.07. The first kappa shape index (κ1) is 11.5. The topological polar surface area (TPSA) is 58.1 Å². The fourth-order valence-electron chi connectivity index (χ4n) is 1.86. The first-order chi connectivity index (χ1) is 7.59. The molecule has 2 rings (SSSR count). The van der Waals surface area contributed by atoms with Crippen molar-refractivity contribution in [3.63, 3.8) is 0 Å². The Morgan fingerprint density at radius 2 is 2.31 bits per heavy atom. The molecule has 0 radical (unpaired) electrons. The quantitative estimate of drug-likeness (QED) is 0.784. The van der Waals surface area contributed by atoms with Crippen LogP contribution in [0.1, 0.15) is 29.2 Å². The van der Waals surface area contributed by atoms with Gasteiger partial charge in [-0.25, -0.2) is 0 Å². The lowest BCUT2D eigenvalue weighted by Gasteiger charge is -2.37. The summed E-state index contributed by atoms with van der Waals surface area (Å²) < 4.78 is 3.81. The van der Waals surface area contributed by atoms with Crippen LogP contribution in [0.5, 0.6) is 0 Å². The second kappa shape index (κ2) is 4.47. The molecule has 2 heterocycles. The summed E-state index contributed by atoms with van der Waals surface area (Å²) in [5.41, 5.74) is 0.730. The molecule has 0 saturated carbocycles. The van der Waals surface area contributed by atoms with Gasteiger partial charge in [-0.1, -0.05) is 4.49 Å². The number of amides is 1. The molecule has 2 atom stereocenters. The van der Waals surface area contributed by atoms with Gasteiger partial charge in [-0.2, -0.15) is 0 Å². The molecule has 0 bridgehead atoms. The lowest BCUT2D eigenvalue weighted by Crippen LogP contribution is -2.56. The summed E-state index contributed by atoms with van der Waals surface area (Å²) in [5, 5.41) is 7.24. The molecule has 16 heavy (non-hydrogen) atoms. The van der Waals surface area contributed by atoms with Gasteiger partial charge in [0.1, 0.15) is 4.88 Å². The van der Waals surface area contributed by atoms with Gasteiger partial charge in [-0.05, 0) is 32.3 Å². The van der Waals surface area contributed by atoms with E-state index in [1.54, 1.807) is 0 Å². The van der Waals surface area contributed by atoms with Crippen molar-refractivity contribution in [2.75, 3.05) is 13.1 Å². The normalized spacial score (nSPS) is 25.8. The van der Waals surface area contributed by atoms with Crippen molar-refractivity contribution in [3.8, 4) is 0 Å². The maximum absolute atomic E-state index is 12.3. The smallest absolute Gasteiger partial charge is 0.267 e. The maximum atomic E-state index is 12.3. The van der Waals surface area contributed by atoms with Crippen molar-refractivity contribution in [1.29, 1.82) is 0 Å². The van der Waals surface area contributed by atoms with Crippen LogP contribution in [0, 0.1) is 6.92 Å². The number of carbonyl (C=O) groups is 1. The molecular formula is C10H16N4OS. The maximum Gasteiger partial charge on any atom is 0.267 e. The first-order valence-electron chi connectivity index (χ1n) is 5.43. The Hall–Kier alpha value is -1.01. The van der Waals surface area contributed by atoms with Crippen LogP contribution in [-0.2, 0) is 0 Å². The van der Waals surface area contributed by atoms with E-state index in [1.807, 2.05) is 11.8 Å². The summed E-state index contributed by atoms with van der Waals surface area (Å²) in [5.74, 6) is 0.0633. The summed E-state index contributed by atoms with van der Waals surface area (Å²) in [6, 6.07) is 0.575. The molecule has 0 aromatic carbocycles. The van der Waals surface area contributed by atoms with Crippen LogP contribution in [0.15, 0.2) is 0 Å². The molecular weight excluding hydrogens is 224 g/mol. The molecule has 6 heteroatoms. The highest BCUT2D eigenvalue weighted by atomic mass is 32.1. The Labute approximate surface area is 99.0 Å². The van der Waals surface area contributed by atoms with Gasteiger partial charge >= 0.3 is 0 Å². The molecule has 1 fully saturated rings. The number of hydrogen-bond acceptors (Lipinski definition) is 5. The molecule has 1 aromatic rings. The Bertz CT molecular complexity index is 392. The second-order valence-electron chi connectivity index (χ2n) is 4.30. The molecule has 1 aliphatic heterocycles. The minimum absolute atomic E-state index is 0.0633. The number of aromatic nitrogens is 2. The number of piperazine rings is 1. The summed E-state index contributed by atoms with van der Waals surface area (Å²) in [6.07, 6.45) is 0. The van der Waals surface area contributed by atoms with Crippen LogP contribution >= 0.6 is 11.5 Å². The van der Waals surface area contributed by atoms with Crippen LogP contribution < -0.4 is 5.32 Å². The van der Waals surface area contributed by atoms with E-state index in [4.69, 9.17) is 0 Å². The van der Waals surface area contributed by atoms with Crippen LogP contribution in [0.4, 0.5) is 0 Å². The fraction of sp³-hybridized carbons (Fsp3) is 0.700. The van der Waals surface area contributed by atoms with E-state index in [0.29, 0.717) is 10.9 Å². The summed E-state index contributed by atoms with van der Waals surface area (Å²) in [7, 11) is 0. The van der Waals surface area contributed by atoms with Crippen molar-refractivity contribution in [2.24, 2.45) is 0 Å². The van der Waals surface area contributed by atoms with Crippen LogP contribution in [0.2, 0.25) is 0 Å². The fourth-order valence-corrected chi connectivity index (χ4v) is 2.48. The van der Waals surface area contributed by atoms with E-state index in [-0.39, 0.29) is 11.9 Å². The molecule has 1 aliphatic rings. The Morgan fingerprint density at radius 1 is 1.56 bits per heavy atom. The van der Waals surface area contributed by atoms with Gasteiger partial charge in [-0.15, -0.1) is 5.10 Å². The lowest BCUT2D eigenvalue weighted by atomic mass is 10.1. The zero-order valence-corrected chi connectivity index (χ0v) is 10.5. The lowest BCUT2D eigenvalue weighted by molar-refractivity contribution is 0.0620.